The SMILES string of the molecule is CC(C)c1cc(N2CCNCC2)cc2cccnc12. The Labute approximate surface area is 114 Å². The third kappa shape index (κ3) is 2.43. The van der Waals surface area contributed by atoms with Crippen LogP contribution in [-0.2, 0) is 0 Å². The summed E-state index contributed by atoms with van der Waals surface area (Å²) >= 11 is 0. The maximum atomic E-state index is 4.56. The zero-order valence-corrected chi connectivity index (χ0v) is 11.7. The van der Waals surface area contributed by atoms with Gasteiger partial charge in [-0.2, -0.15) is 0 Å². The molecule has 19 heavy (non-hydrogen) atoms. The lowest BCUT2D eigenvalue weighted by molar-refractivity contribution is 0.589. The molecule has 0 unspecified atom stereocenters. The molecule has 3 rings (SSSR count). The lowest BCUT2D eigenvalue weighted by Gasteiger charge is -2.30. The first kappa shape index (κ1) is 12.4. The quantitative estimate of drug-likeness (QED) is 0.894. The first-order chi connectivity index (χ1) is 9.25. The minimum Gasteiger partial charge on any atom is -0.369 e. The monoisotopic (exact) mass is 255 g/mol. The summed E-state index contributed by atoms with van der Waals surface area (Å²) < 4.78 is 0. The fraction of sp³-hybridized carbons (Fsp3) is 0.438. The van der Waals surface area contributed by atoms with Gasteiger partial charge in [-0.25, -0.2) is 0 Å². The normalized spacial score (nSPS) is 16.3. The van der Waals surface area contributed by atoms with E-state index in [1.54, 1.807) is 0 Å². The molecule has 100 valence electrons. The van der Waals surface area contributed by atoms with Crippen LogP contribution < -0.4 is 10.2 Å². The number of fused-ring (bicyclic) bond motifs is 1. The van der Waals surface area contributed by atoms with E-state index in [2.05, 4.69) is 47.2 Å². The van der Waals surface area contributed by atoms with Crippen LogP contribution in [0.1, 0.15) is 25.3 Å². The molecule has 1 aromatic heterocycles. The number of aromatic nitrogens is 1. The molecule has 0 bridgehead atoms. The van der Waals surface area contributed by atoms with Crippen molar-refractivity contribution in [1.29, 1.82) is 0 Å². The first-order valence-corrected chi connectivity index (χ1v) is 7.10. The number of hydrogen-bond acceptors (Lipinski definition) is 3. The summed E-state index contributed by atoms with van der Waals surface area (Å²) in [6, 6.07) is 8.79. The third-order valence-corrected chi connectivity index (χ3v) is 3.82. The fourth-order valence-electron chi connectivity index (χ4n) is 2.75. The lowest BCUT2D eigenvalue weighted by atomic mass is 9.98. The zero-order valence-electron chi connectivity index (χ0n) is 11.7. The molecule has 1 fully saturated rings. The molecule has 2 aromatic rings. The number of anilines is 1. The van der Waals surface area contributed by atoms with E-state index < -0.39 is 0 Å². The molecule has 0 atom stereocenters. The highest BCUT2D eigenvalue weighted by atomic mass is 15.2. The lowest BCUT2D eigenvalue weighted by Crippen LogP contribution is -2.43. The minimum atomic E-state index is 0.500. The van der Waals surface area contributed by atoms with Gasteiger partial charge in [0.2, 0.25) is 0 Å². The van der Waals surface area contributed by atoms with Crippen LogP contribution in [-0.4, -0.2) is 31.2 Å². The first-order valence-electron chi connectivity index (χ1n) is 7.10. The van der Waals surface area contributed by atoms with E-state index in [-0.39, 0.29) is 0 Å². The zero-order chi connectivity index (χ0) is 13.2. The Balaban J connectivity index is 2.10. The molecule has 3 heteroatoms. The summed E-state index contributed by atoms with van der Waals surface area (Å²) in [5, 5.41) is 4.66. The average molecular weight is 255 g/mol. The van der Waals surface area contributed by atoms with E-state index >= 15 is 0 Å². The van der Waals surface area contributed by atoms with E-state index in [9.17, 15) is 0 Å². The molecule has 2 heterocycles. The van der Waals surface area contributed by atoms with E-state index in [0.717, 1.165) is 31.7 Å². The van der Waals surface area contributed by atoms with Gasteiger partial charge in [-0.1, -0.05) is 19.9 Å². The van der Waals surface area contributed by atoms with Crippen LogP contribution in [0.3, 0.4) is 0 Å². The van der Waals surface area contributed by atoms with E-state index in [1.807, 2.05) is 12.3 Å². The highest BCUT2D eigenvalue weighted by molar-refractivity contribution is 5.86. The van der Waals surface area contributed by atoms with Crippen LogP contribution in [0.15, 0.2) is 30.5 Å². The van der Waals surface area contributed by atoms with Gasteiger partial charge in [0.25, 0.3) is 0 Å². The Hall–Kier alpha value is -1.61. The van der Waals surface area contributed by atoms with Gasteiger partial charge in [0.05, 0.1) is 5.52 Å². The molecule has 0 aliphatic carbocycles. The van der Waals surface area contributed by atoms with Gasteiger partial charge in [0.1, 0.15) is 0 Å². The summed E-state index contributed by atoms with van der Waals surface area (Å²) in [7, 11) is 0. The smallest absolute Gasteiger partial charge is 0.0738 e. The number of benzene rings is 1. The van der Waals surface area contributed by atoms with Gasteiger partial charge >= 0.3 is 0 Å². The van der Waals surface area contributed by atoms with Crippen molar-refractivity contribution in [2.24, 2.45) is 0 Å². The largest absolute Gasteiger partial charge is 0.369 e. The summed E-state index contributed by atoms with van der Waals surface area (Å²) in [4.78, 5) is 7.02. The number of nitrogens with one attached hydrogen (secondary N) is 1. The van der Waals surface area contributed by atoms with Crippen LogP contribution in [0.25, 0.3) is 10.9 Å². The Morgan fingerprint density at radius 2 is 2.00 bits per heavy atom. The Bertz CT molecular complexity index is 571. The van der Waals surface area contributed by atoms with Gasteiger partial charge in [-0.15, -0.1) is 0 Å². The van der Waals surface area contributed by atoms with Crippen LogP contribution in [0.5, 0.6) is 0 Å². The van der Waals surface area contributed by atoms with Gasteiger partial charge in [0.15, 0.2) is 0 Å². The molecular weight excluding hydrogens is 234 g/mol. The van der Waals surface area contributed by atoms with Crippen molar-refractivity contribution in [2.45, 2.75) is 19.8 Å². The Morgan fingerprint density at radius 3 is 2.74 bits per heavy atom. The Kier molecular flexibility index (Phi) is 3.38. The molecule has 1 aliphatic rings. The molecule has 1 saturated heterocycles. The second kappa shape index (κ2) is 5.17. The second-order valence-electron chi connectivity index (χ2n) is 5.50. The van der Waals surface area contributed by atoms with Crippen LogP contribution in [0.2, 0.25) is 0 Å². The van der Waals surface area contributed by atoms with Crippen molar-refractivity contribution in [1.82, 2.24) is 10.3 Å². The predicted octanol–water partition coefficient (Wildman–Crippen LogP) is 2.77. The van der Waals surface area contributed by atoms with Crippen molar-refractivity contribution >= 4 is 16.6 Å². The molecule has 1 N–H and O–H groups in total. The van der Waals surface area contributed by atoms with Crippen LogP contribution in [0, 0.1) is 0 Å². The summed E-state index contributed by atoms with van der Waals surface area (Å²) in [5.41, 5.74) is 3.84. The van der Waals surface area contributed by atoms with Gasteiger partial charge in [0, 0.05) is 43.4 Å². The van der Waals surface area contributed by atoms with Crippen molar-refractivity contribution in [3.63, 3.8) is 0 Å². The van der Waals surface area contributed by atoms with Crippen molar-refractivity contribution < 1.29 is 0 Å². The molecule has 0 spiro atoms. The summed E-state index contributed by atoms with van der Waals surface area (Å²) in [6.07, 6.45) is 1.89. The minimum absolute atomic E-state index is 0.500. The topological polar surface area (TPSA) is 28.2 Å². The molecule has 0 saturated carbocycles. The summed E-state index contributed by atoms with van der Waals surface area (Å²) in [5.74, 6) is 0.500. The van der Waals surface area contributed by atoms with Gasteiger partial charge in [-0.05, 0) is 29.7 Å². The number of nitrogens with zero attached hydrogens (tertiary/aromatic N) is 2. The molecular formula is C16H21N3. The highest BCUT2D eigenvalue weighted by Crippen LogP contribution is 2.29. The standard InChI is InChI=1S/C16H21N3/c1-12(2)15-11-14(19-8-6-17-7-9-19)10-13-4-3-5-18-16(13)15/h3-5,10-12,17H,6-9H2,1-2H3. The number of pyridine rings is 1. The fourth-order valence-corrected chi connectivity index (χ4v) is 2.75. The van der Waals surface area contributed by atoms with Gasteiger partial charge < -0.3 is 10.2 Å². The third-order valence-electron chi connectivity index (χ3n) is 3.82. The number of piperazine rings is 1. The number of rotatable bonds is 2. The molecule has 3 nitrogen and oxygen atoms in total. The average Bonchev–Trinajstić information content (AvgIpc) is 2.47. The maximum absolute atomic E-state index is 4.56. The summed E-state index contributed by atoms with van der Waals surface area (Å²) in [6.45, 7) is 8.80. The maximum Gasteiger partial charge on any atom is 0.0738 e. The van der Waals surface area contributed by atoms with Crippen molar-refractivity contribution in [3.8, 4) is 0 Å². The molecule has 1 aliphatic heterocycles. The molecule has 1 aromatic carbocycles. The molecule has 0 radical (unpaired) electrons. The predicted molar refractivity (Wildman–Crippen MR) is 80.9 cm³/mol. The number of hydrogen-bond donors (Lipinski definition) is 1. The highest BCUT2D eigenvalue weighted by Gasteiger charge is 2.14. The second-order valence-corrected chi connectivity index (χ2v) is 5.50. The van der Waals surface area contributed by atoms with Gasteiger partial charge in [-0.3, -0.25) is 4.98 Å². The van der Waals surface area contributed by atoms with Crippen molar-refractivity contribution in [2.75, 3.05) is 31.1 Å². The van der Waals surface area contributed by atoms with E-state index in [4.69, 9.17) is 0 Å². The Morgan fingerprint density at radius 1 is 1.21 bits per heavy atom. The molecule has 0 amide bonds. The van der Waals surface area contributed by atoms with E-state index in [0.29, 0.717) is 5.92 Å². The van der Waals surface area contributed by atoms with Crippen LogP contribution >= 0.6 is 0 Å². The van der Waals surface area contributed by atoms with Crippen LogP contribution in [0.4, 0.5) is 5.69 Å². The van der Waals surface area contributed by atoms with Crippen molar-refractivity contribution in [3.05, 3.63) is 36.0 Å². The van der Waals surface area contributed by atoms with E-state index in [1.165, 1.54) is 16.6 Å².